The molecule has 0 aliphatic heterocycles. The maximum atomic E-state index is 9.93. The van der Waals surface area contributed by atoms with E-state index < -0.39 is 0 Å². The molecule has 2 N–H and O–H groups in total. The Hall–Kier alpha value is -0.0800. The zero-order chi connectivity index (χ0) is 10.4. The molecule has 84 valence electrons. The van der Waals surface area contributed by atoms with Gasteiger partial charge in [-0.05, 0) is 25.7 Å². The average molecular weight is 199 g/mol. The van der Waals surface area contributed by atoms with Gasteiger partial charge in [-0.15, -0.1) is 0 Å². The molecule has 0 aromatic carbocycles. The van der Waals surface area contributed by atoms with E-state index in [0.717, 1.165) is 12.8 Å². The molecule has 1 fully saturated rings. The van der Waals surface area contributed by atoms with Gasteiger partial charge in [0.15, 0.2) is 0 Å². The Balaban J connectivity index is 2.39. The molecule has 0 aromatic rings. The van der Waals surface area contributed by atoms with Crippen molar-refractivity contribution in [3.05, 3.63) is 0 Å². The van der Waals surface area contributed by atoms with Gasteiger partial charge in [-0.3, -0.25) is 0 Å². The van der Waals surface area contributed by atoms with Crippen LogP contribution in [-0.2, 0) is 0 Å². The lowest BCUT2D eigenvalue weighted by Crippen LogP contribution is -2.44. The molecule has 2 atom stereocenters. The zero-order valence-electron chi connectivity index (χ0n) is 9.63. The molecule has 0 aromatic heterocycles. The summed E-state index contributed by atoms with van der Waals surface area (Å²) in [5.41, 5.74) is 0. The van der Waals surface area contributed by atoms with Gasteiger partial charge in [0.05, 0.1) is 6.10 Å². The third-order valence-electron chi connectivity index (χ3n) is 3.41. The molecule has 0 bridgehead atoms. The number of hydrogen-bond donors (Lipinski definition) is 2. The van der Waals surface area contributed by atoms with Crippen LogP contribution in [0, 0.1) is 0 Å². The number of hydrogen-bond acceptors (Lipinski definition) is 2. The van der Waals surface area contributed by atoms with Crippen LogP contribution in [0.15, 0.2) is 0 Å². The van der Waals surface area contributed by atoms with Crippen LogP contribution in [0.2, 0.25) is 0 Å². The zero-order valence-corrected chi connectivity index (χ0v) is 9.63. The average Bonchev–Trinajstić information content (AvgIpc) is 2.40. The molecule has 2 nitrogen and oxygen atoms in total. The van der Waals surface area contributed by atoms with E-state index in [4.69, 9.17) is 0 Å². The van der Waals surface area contributed by atoms with Crippen LogP contribution in [0.3, 0.4) is 0 Å². The van der Waals surface area contributed by atoms with Crippen molar-refractivity contribution in [1.29, 1.82) is 0 Å². The second kappa shape index (κ2) is 6.41. The Bertz CT molecular complexity index is 145. The van der Waals surface area contributed by atoms with Crippen molar-refractivity contribution in [3.63, 3.8) is 0 Å². The minimum atomic E-state index is -0.113. The maximum Gasteiger partial charge on any atom is 0.0693 e. The molecule has 0 radical (unpaired) electrons. The van der Waals surface area contributed by atoms with Gasteiger partial charge in [0.2, 0.25) is 0 Å². The highest BCUT2D eigenvalue weighted by Crippen LogP contribution is 2.19. The van der Waals surface area contributed by atoms with E-state index in [0.29, 0.717) is 12.1 Å². The third kappa shape index (κ3) is 3.58. The van der Waals surface area contributed by atoms with E-state index in [9.17, 15) is 5.11 Å². The SMILES string of the molecule is CCC(CC)NC1CCCCCC1O. The lowest BCUT2D eigenvalue weighted by Gasteiger charge is -2.26. The van der Waals surface area contributed by atoms with Crippen LogP contribution in [0.25, 0.3) is 0 Å². The lowest BCUT2D eigenvalue weighted by molar-refractivity contribution is 0.112. The molecule has 0 amide bonds. The minimum Gasteiger partial charge on any atom is -0.392 e. The number of aliphatic hydroxyl groups is 1. The maximum absolute atomic E-state index is 9.93. The first-order valence-electron chi connectivity index (χ1n) is 6.22. The monoisotopic (exact) mass is 199 g/mol. The Kier molecular flexibility index (Phi) is 5.49. The molecule has 0 spiro atoms. The van der Waals surface area contributed by atoms with Gasteiger partial charge in [-0.1, -0.05) is 33.1 Å². The molecule has 1 rings (SSSR count). The summed E-state index contributed by atoms with van der Waals surface area (Å²) < 4.78 is 0. The summed E-state index contributed by atoms with van der Waals surface area (Å²) in [4.78, 5) is 0. The van der Waals surface area contributed by atoms with E-state index in [1.807, 2.05) is 0 Å². The lowest BCUT2D eigenvalue weighted by atomic mass is 10.0. The number of nitrogens with one attached hydrogen (secondary N) is 1. The van der Waals surface area contributed by atoms with Crippen LogP contribution in [-0.4, -0.2) is 23.3 Å². The van der Waals surface area contributed by atoms with E-state index >= 15 is 0 Å². The molecular formula is C12H25NO. The fourth-order valence-corrected chi connectivity index (χ4v) is 2.31. The normalized spacial score (nSPS) is 29.1. The second-order valence-corrected chi connectivity index (χ2v) is 4.49. The van der Waals surface area contributed by atoms with E-state index in [1.54, 1.807) is 0 Å². The molecule has 1 aliphatic rings. The summed E-state index contributed by atoms with van der Waals surface area (Å²) in [6, 6.07) is 0.940. The first kappa shape index (κ1) is 12.0. The summed E-state index contributed by atoms with van der Waals surface area (Å²) in [5, 5.41) is 13.5. The third-order valence-corrected chi connectivity index (χ3v) is 3.41. The number of aliphatic hydroxyl groups excluding tert-OH is 1. The van der Waals surface area contributed by atoms with Gasteiger partial charge in [0.1, 0.15) is 0 Å². The number of rotatable bonds is 4. The first-order chi connectivity index (χ1) is 6.77. The molecule has 1 aliphatic carbocycles. The van der Waals surface area contributed by atoms with Crippen LogP contribution in [0.5, 0.6) is 0 Å². The molecule has 2 unspecified atom stereocenters. The van der Waals surface area contributed by atoms with Gasteiger partial charge in [-0.2, -0.15) is 0 Å². The summed E-state index contributed by atoms with van der Waals surface area (Å²) in [5.74, 6) is 0. The van der Waals surface area contributed by atoms with Crippen molar-refractivity contribution < 1.29 is 5.11 Å². The van der Waals surface area contributed by atoms with Crippen LogP contribution in [0.1, 0.15) is 58.8 Å². The predicted octanol–water partition coefficient (Wildman–Crippen LogP) is 2.46. The Morgan fingerprint density at radius 1 is 1.14 bits per heavy atom. The van der Waals surface area contributed by atoms with Crippen molar-refractivity contribution in [2.24, 2.45) is 0 Å². The van der Waals surface area contributed by atoms with Crippen molar-refractivity contribution in [2.45, 2.75) is 77.0 Å². The quantitative estimate of drug-likeness (QED) is 0.682. The molecule has 0 saturated heterocycles. The largest absolute Gasteiger partial charge is 0.392 e. The summed E-state index contributed by atoms with van der Waals surface area (Å²) in [7, 11) is 0. The smallest absolute Gasteiger partial charge is 0.0693 e. The Morgan fingerprint density at radius 2 is 1.79 bits per heavy atom. The highest BCUT2D eigenvalue weighted by molar-refractivity contribution is 4.81. The fourth-order valence-electron chi connectivity index (χ4n) is 2.31. The topological polar surface area (TPSA) is 32.3 Å². The summed E-state index contributed by atoms with van der Waals surface area (Å²) in [6.45, 7) is 4.43. The van der Waals surface area contributed by atoms with E-state index in [1.165, 1.54) is 32.1 Å². The predicted molar refractivity (Wildman–Crippen MR) is 60.4 cm³/mol. The highest BCUT2D eigenvalue weighted by atomic mass is 16.3. The minimum absolute atomic E-state index is 0.113. The van der Waals surface area contributed by atoms with Gasteiger partial charge in [0.25, 0.3) is 0 Å². The van der Waals surface area contributed by atoms with Crippen LogP contribution < -0.4 is 5.32 Å². The first-order valence-corrected chi connectivity index (χ1v) is 6.22. The molecule has 0 heterocycles. The van der Waals surface area contributed by atoms with Gasteiger partial charge in [0, 0.05) is 12.1 Å². The molecule has 2 heteroatoms. The molecular weight excluding hydrogens is 174 g/mol. The van der Waals surface area contributed by atoms with Gasteiger partial charge < -0.3 is 10.4 Å². The second-order valence-electron chi connectivity index (χ2n) is 4.49. The van der Waals surface area contributed by atoms with E-state index in [2.05, 4.69) is 19.2 Å². The van der Waals surface area contributed by atoms with Crippen LogP contribution >= 0.6 is 0 Å². The molecule has 1 saturated carbocycles. The van der Waals surface area contributed by atoms with E-state index in [-0.39, 0.29) is 6.10 Å². The molecule has 14 heavy (non-hydrogen) atoms. The van der Waals surface area contributed by atoms with Crippen LogP contribution in [0.4, 0.5) is 0 Å². The fraction of sp³-hybridized carbons (Fsp3) is 1.00. The van der Waals surface area contributed by atoms with Gasteiger partial charge in [-0.25, -0.2) is 0 Å². The highest BCUT2D eigenvalue weighted by Gasteiger charge is 2.22. The van der Waals surface area contributed by atoms with Crippen molar-refractivity contribution >= 4 is 0 Å². The summed E-state index contributed by atoms with van der Waals surface area (Å²) in [6.07, 6.45) is 8.11. The standard InChI is InChI=1S/C12H25NO/c1-3-10(4-2)13-11-8-6-5-7-9-12(11)14/h10-14H,3-9H2,1-2H3. The van der Waals surface area contributed by atoms with Crippen molar-refractivity contribution in [1.82, 2.24) is 5.32 Å². The Labute approximate surface area is 88.1 Å². The van der Waals surface area contributed by atoms with Crippen molar-refractivity contribution in [3.8, 4) is 0 Å². The Morgan fingerprint density at radius 3 is 2.43 bits per heavy atom. The summed E-state index contributed by atoms with van der Waals surface area (Å²) >= 11 is 0. The van der Waals surface area contributed by atoms with Gasteiger partial charge >= 0.3 is 0 Å². The van der Waals surface area contributed by atoms with Crippen molar-refractivity contribution in [2.75, 3.05) is 0 Å².